The number of hydrogen-bond donors (Lipinski definition) is 4. The number of carbonyl (C=O) groups is 1. The molecule has 4 N–H and O–H groups in total. The van der Waals surface area contributed by atoms with Crippen molar-refractivity contribution >= 4 is 42.0 Å². The lowest BCUT2D eigenvalue weighted by Crippen LogP contribution is -2.36. The Morgan fingerprint density at radius 1 is 0.895 bits per heavy atom. The van der Waals surface area contributed by atoms with Crippen LogP contribution in [0.2, 0.25) is 0 Å². The summed E-state index contributed by atoms with van der Waals surface area (Å²) in [6.07, 6.45) is 21.8. The first-order valence-electron chi connectivity index (χ1n) is 20.7. The number of aromatic amines is 1. The Kier molecular flexibility index (Phi) is 24.2. The first kappa shape index (κ1) is 48.5. The fourth-order valence-corrected chi connectivity index (χ4v) is 7.89. The topological polar surface area (TPSA) is 162 Å². The summed E-state index contributed by atoms with van der Waals surface area (Å²) in [5.74, 6) is -0.594. The summed E-state index contributed by atoms with van der Waals surface area (Å²) < 4.78 is 29.1. The van der Waals surface area contributed by atoms with Gasteiger partial charge in [-0.05, 0) is 61.7 Å². The van der Waals surface area contributed by atoms with Gasteiger partial charge in [-0.15, -0.1) is 0 Å². The molecule has 1 fully saturated rings. The van der Waals surface area contributed by atoms with Crippen molar-refractivity contribution in [2.24, 2.45) is 5.92 Å². The lowest BCUT2D eigenvalue weighted by atomic mass is 9.95. The number of allylic oxidation sites excluding steroid dienone is 2. The van der Waals surface area contributed by atoms with Crippen molar-refractivity contribution in [1.82, 2.24) is 20.2 Å². The van der Waals surface area contributed by atoms with E-state index < -0.39 is 48.5 Å². The van der Waals surface area contributed by atoms with E-state index in [2.05, 4.69) is 22.5 Å². The minimum absolute atomic E-state index is 0.00816. The van der Waals surface area contributed by atoms with Gasteiger partial charge < -0.3 is 38.8 Å². The Morgan fingerprint density at radius 3 is 2.12 bits per heavy atom. The van der Waals surface area contributed by atoms with Gasteiger partial charge in [0.05, 0.1) is 0 Å². The Morgan fingerprint density at radius 2 is 1.51 bits per heavy atom. The normalized spacial score (nSPS) is 19.0. The maximum Gasteiger partial charge on any atom is 0.508 e. The van der Waals surface area contributed by atoms with Crippen LogP contribution in [0.4, 0.5) is 4.79 Å². The fraction of sp³-hybridized carbons (Fsp3) is 0.659. The van der Waals surface area contributed by atoms with Crippen molar-refractivity contribution in [1.29, 1.82) is 0 Å². The lowest BCUT2D eigenvalue weighted by Gasteiger charge is -2.26. The van der Waals surface area contributed by atoms with Crippen LogP contribution in [0.15, 0.2) is 64.3 Å². The van der Waals surface area contributed by atoms with Gasteiger partial charge in [-0.25, -0.2) is 9.59 Å². The Hall–Kier alpha value is -2.91. The largest absolute Gasteiger partial charge is 0.508 e. The quantitative estimate of drug-likeness (QED) is 0.0203. The zero-order valence-corrected chi connectivity index (χ0v) is 36.3. The van der Waals surface area contributed by atoms with Gasteiger partial charge in [0.25, 0.3) is 5.56 Å². The summed E-state index contributed by atoms with van der Waals surface area (Å²) in [4.78, 5) is 50.1. The predicted molar refractivity (Wildman–Crippen MR) is 232 cm³/mol. The highest BCUT2D eigenvalue weighted by Gasteiger charge is 2.48. The van der Waals surface area contributed by atoms with Crippen LogP contribution in [-0.4, -0.2) is 64.7 Å². The van der Waals surface area contributed by atoms with E-state index in [0.29, 0.717) is 11.5 Å². The van der Waals surface area contributed by atoms with Gasteiger partial charge in [-0.3, -0.25) is 14.3 Å². The van der Waals surface area contributed by atoms with Gasteiger partial charge in [-0.2, -0.15) is 0 Å². The van der Waals surface area contributed by atoms with E-state index in [1.807, 2.05) is 42.5 Å². The average molecular weight is 853 g/mol. The second-order valence-corrected chi connectivity index (χ2v) is 17.7. The summed E-state index contributed by atoms with van der Waals surface area (Å²) >= 11 is 10.6. The van der Waals surface area contributed by atoms with Crippen molar-refractivity contribution in [3.63, 3.8) is 0 Å². The van der Waals surface area contributed by atoms with Crippen molar-refractivity contribution in [2.45, 2.75) is 141 Å². The van der Waals surface area contributed by atoms with Crippen LogP contribution in [0.3, 0.4) is 0 Å². The molecule has 0 bridgehead atoms. The molecule has 13 nitrogen and oxygen atoms in total. The molecule has 1 aliphatic heterocycles. The highest BCUT2D eigenvalue weighted by atomic mass is 32.5. The van der Waals surface area contributed by atoms with E-state index in [1.165, 1.54) is 101 Å². The minimum atomic E-state index is -3.73. The number of carbonyl (C=O) groups excluding carboxylic acids is 1. The summed E-state index contributed by atoms with van der Waals surface area (Å²) in [6.45, 7) is -0.141. The molecule has 0 aliphatic carbocycles. The number of H-pyrrole nitrogens is 1. The number of thiocarbonyl (C=S) groups is 1. The minimum Gasteiger partial charge on any atom is -0.431 e. The molecule has 320 valence electrons. The van der Waals surface area contributed by atoms with Gasteiger partial charge >= 0.3 is 18.6 Å². The van der Waals surface area contributed by atoms with Crippen LogP contribution < -0.4 is 21.9 Å². The fourth-order valence-electron chi connectivity index (χ4n) is 6.70. The highest BCUT2D eigenvalue weighted by Crippen LogP contribution is 2.50. The number of aromatic nitrogens is 2. The molecule has 0 saturated carbocycles. The first-order chi connectivity index (χ1) is 27.6. The van der Waals surface area contributed by atoms with Crippen molar-refractivity contribution in [3.05, 3.63) is 81.1 Å². The monoisotopic (exact) mass is 852 g/mol. The van der Waals surface area contributed by atoms with Crippen LogP contribution in [0, 0.1) is 5.92 Å². The summed E-state index contributed by atoms with van der Waals surface area (Å²) in [5, 5.41) is 7.29. The van der Waals surface area contributed by atoms with Crippen LogP contribution >= 0.6 is 18.9 Å². The SMILES string of the molecule is CCCCCCCCCCCCCCCNC(=S)NCCCC/C=C/C[C@H]1C(OP(O)(=S)OC)[C@@H](COC(=O)OCc2ccccc2)O[C@H]1n1ccc(=O)[nH]c1=O. The first-order valence-corrected chi connectivity index (χ1v) is 23.7. The molecule has 5 atom stereocenters. The second kappa shape index (κ2) is 28.5. The molecule has 0 amide bonds. The molecule has 0 spiro atoms. The smallest absolute Gasteiger partial charge is 0.431 e. The maximum absolute atomic E-state index is 12.9. The van der Waals surface area contributed by atoms with Crippen molar-refractivity contribution in [3.8, 4) is 0 Å². The number of nitrogens with zero attached hydrogens (tertiary/aromatic N) is 1. The Labute approximate surface area is 348 Å². The molecule has 3 rings (SSSR count). The van der Waals surface area contributed by atoms with E-state index in [0.717, 1.165) is 44.3 Å². The van der Waals surface area contributed by atoms with Gasteiger partial charge in [0, 0.05) is 38.4 Å². The standard InChI is InChI=1S/C41H65N4O9PS2/c1-3-4-5-6-7-8-9-10-11-12-13-16-22-28-42-39(56)43-29-23-17-14-15-21-26-34-37(54-55(49,57)50-2)35(53-38(34)45-30-27-36(46)44-40(45)47)32-52-41(48)51-31-33-24-19-18-20-25-33/h15,18-21,24-25,27,30,34-35,37-38H,3-14,16-17,22-23,26,28-29,31-32H2,1-2H3,(H,49,57)(H2,42,43,56)(H,44,46,47)/b21-15+/t34-,35+,37?,38+,55?/m0/s1. The molecule has 1 aromatic heterocycles. The molecule has 2 unspecified atom stereocenters. The van der Waals surface area contributed by atoms with Crippen LogP contribution in [0.5, 0.6) is 0 Å². The number of benzene rings is 1. The molecule has 2 aromatic rings. The number of unbranched alkanes of at least 4 members (excludes halogenated alkanes) is 14. The molecule has 2 heterocycles. The predicted octanol–water partition coefficient (Wildman–Crippen LogP) is 8.32. The zero-order valence-electron chi connectivity index (χ0n) is 33.8. The molecule has 1 saturated heterocycles. The molecule has 57 heavy (non-hydrogen) atoms. The third-order valence-electron chi connectivity index (χ3n) is 9.87. The van der Waals surface area contributed by atoms with Crippen molar-refractivity contribution in [2.75, 3.05) is 26.8 Å². The second-order valence-electron chi connectivity index (χ2n) is 14.4. The molecule has 16 heteroatoms. The van der Waals surface area contributed by atoms with E-state index in [9.17, 15) is 19.3 Å². The Bertz CT molecular complexity index is 1630. The van der Waals surface area contributed by atoms with E-state index in [4.69, 9.17) is 47.3 Å². The van der Waals surface area contributed by atoms with E-state index in [-0.39, 0.29) is 13.2 Å². The molecule has 1 aliphatic rings. The number of nitrogens with one attached hydrogen (secondary N) is 3. The number of hydrogen-bond acceptors (Lipinski definition) is 10. The van der Waals surface area contributed by atoms with E-state index in [1.54, 1.807) is 0 Å². The van der Waals surface area contributed by atoms with Gasteiger partial charge in [0.15, 0.2) is 5.11 Å². The lowest BCUT2D eigenvalue weighted by molar-refractivity contribution is -0.0593. The molecule has 1 aromatic carbocycles. The van der Waals surface area contributed by atoms with Gasteiger partial charge in [0.1, 0.15) is 31.6 Å². The van der Waals surface area contributed by atoms with Gasteiger partial charge in [0.2, 0.25) is 0 Å². The van der Waals surface area contributed by atoms with Crippen LogP contribution in [0.25, 0.3) is 0 Å². The van der Waals surface area contributed by atoms with E-state index >= 15 is 0 Å². The summed E-state index contributed by atoms with van der Waals surface area (Å²) in [6, 6.07) is 10.3. The molecular formula is C41H65N4O9PS2. The van der Waals surface area contributed by atoms with Crippen LogP contribution in [0.1, 0.15) is 128 Å². The average Bonchev–Trinajstić information content (AvgIpc) is 3.52. The third kappa shape index (κ3) is 20.1. The highest BCUT2D eigenvalue weighted by molar-refractivity contribution is 8.07. The zero-order chi connectivity index (χ0) is 41.1. The Balaban J connectivity index is 1.41. The summed E-state index contributed by atoms with van der Waals surface area (Å²) in [7, 11) is 1.24. The number of ether oxygens (including phenoxy) is 3. The van der Waals surface area contributed by atoms with Gasteiger partial charge in [-0.1, -0.05) is 126 Å². The molecule has 0 radical (unpaired) electrons. The van der Waals surface area contributed by atoms with Crippen molar-refractivity contribution < 1.29 is 32.9 Å². The third-order valence-corrected chi connectivity index (χ3v) is 11.8. The maximum atomic E-state index is 12.9. The van der Waals surface area contributed by atoms with Crippen LogP contribution in [-0.2, 0) is 41.7 Å². The summed E-state index contributed by atoms with van der Waals surface area (Å²) in [5.41, 5.74) is -0.473. The number of rotatable bonds is 29. The molecular weight excluding hydrogens is 788 g/mol.